The van der Waals surface area contributed by atoms with Gasteiger partial charge in [-0.25, -0.2) is 4.68 Å². The lowest BCUT2D eigenvalue weighted by atomic mass is 9.96. The van der Waals surface area contributed by atoms with Gasteiger partial charge >= 0.3 is 0 Å². The van der Waals surface area contributed by atoms with Gasteiger partial charge in [0.25, 0.3) is 5.91 Å². The van der Waals surface area contributed by atoms with E-state index in [1.54, 1.807) is 4.68 Å². The van der Waals surface area contributed by atoms with Gasteiger partial charge in [-0.2, -0.15) is 0 Å². The Morgan fingerprint density at radius 2 is 2.10 bits per heavy atom. The minimum Gasteiger partial charge on any atom is -0.350 e. The summed E-state index contributed by atoms with van der Waals surface area (Å²) in [5, 5.41) is 13.5. The molecular weight excluding hydrogens is 450 g/mol. The van der Waals surface area contributed by atoms with Gasteiger partial charge in [0, 0.05) is 22.4 Å². The van der Waals surface area contributed by atoms with Crippen LogP contribution in [-0.4, -0.2) is 45.4 Å². The van der Waals surface area contributed by atoms with Crippen LogP contribution in [0.15, 0.2) is 46.3 Å². The van der Waals surface area contributed by atoms with Gasteiger partial charge in [0.05, 0.1) is 11.4 Å². The molecule has 1 aliphatic heterocycles. The van der Waals surface area contributed by atoms with Gasteiger partial charge < -0.3 is 5.32 Å². The normalized spacial score (nSPS) is 15.5. The molecule has 2 aromatic heterocycles. The van der Waals surface area contributed by atoms with Crippen LogP contribution >= 0.6 is 27.3 Å². The van der Waals surface area contributed by atoms with Gasteiger partial charge in [-0.1, -0.05) is 33.3 Å². The zero-order valence-corrected chi connectivity index (χ0v) is 18.7. The van der Waals surface area contributed by atoms with Crippen molar-refractivity contribution < 1.29 is 4.79 Å². The summed E-state index contributed by atoms with van der Waals surface area (Å²) in [5.74, 6) is 0.365. The van der Waals surface area contributed by atoms with Crippen molar-refractivity contribution in [3.8, 4) is 5.69 Å². The quantitative estimate of drug-likeness (QED) is 0.586. The fourth-order valence-corrected chi connectivity index (χ4v) is 4.82. The standard InChI is InChI=1S/C21H24BrN5OS/c1-15-20(24-25-27(15)18-5-2-4-17(22)12-18)21(28)23-13-16-7-9-26(10-8-16)14-19-6-3-11-29-19/h2-6,11-12,16H,7-10,13-14H2,1H3,(H,23,28). The van der Waals surface area contributed by atoms with Crippen LogP contribution in [0.5, 0.6) is 0 Å². The summed E-state index contributed by atoms with van der Waals surface area (Å²) in [5.41, 5.74) is 2.01. The van der Waals surface area contributed by atoms with Crippen LogP contribution in [0.25, 0.3) is 5.69 Å². The smallest absolute Gasteiger partial charge is 0.273 e. The van der Waals surface area contributed by atoms with Crippen LogP contribution in [0.1, 0.15) is 33.9 Å². The van der Waals surface area contributed by atoms with Gasteiger partial charge in [0.15, 0.2) is 5.69 Å². The van der Waals surface area contributed by atoms with E-state index in [1.165, 1.54) is 4.88 Å². The summed E-state index contributed by atoms with van der Waals surface area (Å²) < 4.78 is 2.66. The Morgan fingerprint density at radius 1 is 1.28 bits per heavy atom. The molecule has 1 N–H and O–H groups in total. The van der Waals surface area contributed by atoms with E-state index in [0.29, 0.717) is 18.2 Å². The Kier molecular flexibility index (Phi) is 6.42. The zero-order valence-electron chi connectivity index (χ0n) is 16.3. The molecule has 0 radical (unpaired) electrons. The molecule has 0 spiro atoms. The van der Waals surface area contributed by atoms with Gasteiger partial charge in [-0.05, 0) is 68.4 Å². The fourth-order valence-electron chi connectivity index (χ4n) is 3.68. The maximum absolute atomic E-state index is 12.7. The van der Waals surface area contributed by atoms with Crippen molar-refractivity contribution in [2.75, 3.05) is 19.6 Å². The van der Waals surface area contributed by atoms with Crippen LogP contribution in [0, 0.1) is 12.8 Å². The molecule has 3 heterocycles. The monoisotopic (exact) mass is 473 g/mol. The molecule has 0 aliphatic carbocycles. The zero-order chi connectivity index (χ0) is 20.2. The van der Waals surface area contributed by atoms with Crippen LogP contribution < -0.4 is 5.32 Å². The first kappa shape index (κ1) is 20.3. The lowest BCUT2D eigenvalue weighted by Crippen LogP contribution is -2.38. The largest absolute Gasteiger partial charge is 0.350 e. The summed E-state index contributed by atoms with van der Waals surface area (Å²) in [6, 6.07) is 12.1. The number of rotatable bonds is 6. The number of aromatic nitrogens is 3. The Labute approximate surface area is 183 Å². The molecule has 0 atom stereocenters. The molecule has 4 rings (SSSR count). The molecule has 0 bridgehead atoms. The van der Waals surface area contributed by atoms with Crippen molar-refractivity contribution in [2.45, 2.75) is 26.3 Å². The van der Waals surface area contributed by atoms with Crippen molar-refractivity contribution in [3.63, 3.8) is 0 Å². The molecule has 8 heteroatoms. The average Bonchev–Trinajstić information content (AvgIpc) is 3.37. The third-order valence-corrected chi connectivity index (χ3v) is 6.73. The van der Waals surface area contributed by atoms with E-state index < -0.39 is 0 Å². The average molecular weight is 474 g/mol. The van der Waals surface area contributed by atoms with E-state index in [2.05, 4.69) is 54.0 Å². The van der Waals surface area contributed by atoms with E-state index in [1.807, 2.05) is 42.5 Å². The van der Waals surface area contributed by atoms with Gasteiger partial charge in [0.2, 0.25) is 0 Å². The summed E-state index contributed by atoms with van der Waals surface area (Å²) in [4.78, 5) is 16.6. The Hall–Kier alpha value is -2.03. The number of likely N-dealkylation sites (tertiary alicyclic amines) is 1. The summed E-state index contributed by atoms with van der Waals surface area (Å²) in [6.07, 6.45) is 2.21. The second kappa shape index (κ2) is 9.19. The second-order valence-corrected chi connectivity index (χ2v) is 9.37. The lowest BCUT2D eigenvalue weighted by molar-refractivity contribution is 0.0929. The molecule has 29 heavy (non-hydrogen) atoms. The van der Waals surface area contributed by atoms with Crippen LogP contribution in [-0.2, 0) is 6.54 Å². The Balaban J connectivity index is 1.29. The van der Waals surface area contributed by atoms with Gasteiger partial charge in [-0.15, -0.1) is 16.4 Å². The van der Waals surface area contributed by atoms with E-state index in [-0.39, 0.29) is 5.91 Å². The molecule has 6 nitrogen and oxygen atoms in total. The van der Waals surface area contributed by atoms with E-state index >= 15 is 0 Å². The van der Waals surface area contributed by atoms with E-state index in [0.717, 1.165) is 48.3 Å². The molecular formula is C21H24BrN5OS. The number of hydrogen-bond acceptors (Lipinski definition) is 5. The molecule has 1 saturated heterocycles. The molecule has 0 unspecified atom stereocenters. The van der Waals surface area contributed by atoms with E-state index in [4.69, 9.17) is 0 Å². The number of piperidine rings is 1. The molecule has 152 valence electrons. The van der Waals surface area contributed by atoms with Crippen LogP contribution in [0.4, 0.5) is 0 Å². The minimum absolute atomic E-state index is 0.148. The van der Waals surface area contributed by atoms with E-state index in [9.17, 15) is 4.79 Å². The van der Waals surface area contributed by atoms with Gasteiger partial charge in [0.1, 0.15) is 0 Å². The van der Waals surface area contributed by atoms with Crippen LogP contribution in [0.3, 0.4) is 0 Å². The molecule has 1 fully saturated rings. The predicted octanol–water partition coefficient (Wildman–Crippen LogP) is 4.04. The molecule has 1 aromatic carbocycles. The van der Waals surface area contributed by atoms with Crippen molar-refractivity contribution in [2.24, 2.45) is 5.92 Å². The van der Waals surface area contributed by atoms with Crippen LogP contribution in [0.2, 0.25) is 0 Å². The highest BCUT2D eigenvalue weighted by molar-refractivity contribution is 9.10. The molecule has 0 saturated carbocycles. The summed E-state index contributed by atoms with van der Waals surface area (Å²) >= 11 is 5.28. The van der Waals surface area contributed by atoms with Crippen molar-refractivity contribution in [1.29, 1.82) is 0 Å². The summed E-state index contributed by atoms with van der Waals surface area (Å²) in [7, 11) is 0. The fraction of sp³-hybridized carbons (Fsp3) is 0.381. The first-order valence-electron chi connectivity index (χ1n) is 9.81. The third-order valence-electron chi connectivity index (χ3n) is 5.38. The Bertz CT molecular complexity index is 963. The highest BCUT2D eigenvalue weighted by Crippen LogP contribution is 2.21. The third kappa shape index (κ3) is 4.94. The second-order valence-electron chi connectivity index (χ2n) is 7.42. The number of hydrogen-bond donors (Lipinski definition) is 1. The summed E-state index contributed by atoms with van der Waals surface area (Å²) in [6.45, 7) is 5.76. The number of nitrogens with one attached hydrogen (secondary N) is 1. The maximum atomic E-state index is 12.7. The Morgan fingerprint density at radius 3 is 2.83 bits per heavy atom. The predicted molar refractivity (Wildman–Crippen MR) is 118 cm³/mol. The molecule has 3 aromatic rings. The van der Waals surface area contributed by atoms with Gasteiger partial charge in [-0.3, -0.25) is 9.69 Å². The number of nitrogens with zero attached hydrogens (tertiary/aromatic N) is 4. The number of carbonyl (C=O) groups is 1. The number of carbonyl (C=O) groups excluding carboxylic acids is 1. The SMILES string of the molecule is Cc1c(C(=O)NCC2CCN(Cc3cccs3)CC2)nnn1-c1cccc(Br)c1. The highest BCUT2D eigenvalue weighted by Gasteiger charge is 2.22. The lowest BCUT2D eigenvalue weighted by Gasteiger charge is -2.31. The topological polar surface area (TPSA) is 63.1 Å². The number of benzene rings is 1. The number of amides is 1. The molecule has 1 aliphatic rings. The first-order valence-corrected chi connectivity index (χ1v) is 11.5. The highest BCUT2D eigenvalue weighted by atomic mass is 79.9. The van der Waals surface area contributed by atoms with Crippen molar-refractivity contribution in [1.82, 2.24) is 25.2 Å². The first-order chi connectivity index (χ1) is 14.1. The minimum atomic E-state index is -0.148. The van der Waals surface area contributed by atoms with Crippen molar-refractivity contribution in [3.05, 3.63) is 62.5 Å². The number of halogens is 1. The number of thiophene rings is 1. The molecule has 1 amide bonds. The van der Waals surface area contributed by atoms with Crippen molar-refractivity contribution >= 4 is 33.2 Å². The maximum Gasteiger partial charge on any atom is 0.273 e.